The van der Waals surface area contributed by atoms with Crippen LogP contribution in [0.25, 0.3) is 0 Å². The standard InChI is InChI=1S/C20H24BNO3/c1-15(16-8-10-18(21)11-9-16)22-13-12-20(14-24-2,25-19(22)23)17-6-4-3-5-7-17/h3-11,15H,12-14,21H2,1-2H3/t15-,20?/m0/s1. The summed E-state index contributed by atoms with van der Waals surface area (Å²) in [5, 5.41) is 0. The number of hydrogen-bond acceptors (Lipinski definition) is 3. The number of benzene rings is 2. The predicted molar refractivity (Wildman–Crippen MR) is 101 cm³/mol. The topological polar surface area (TPSA) is 38.8 Å². The molecule has 0 saturated carbocycles. The second-order valence-electron chi connectivity index (χ2n) is 6.69. The molecule has 0 bridgehead atoms. The Morgan fingerprint density at radius 1 is 1.20 bits per heavy atom. The van der Waals surface area contributed by atoms with Gasteiger partial charge < -0.3 is 14.4 Å². The maximum Gasteiger partial charge on any atom is 0.411 e. The van der Waals surface area contributed by atoms with Crippen LogP contribution in [0.5, 0.6) is 0 Å². The summed E-state index contributed by atoms with van der Waals surface area (Å²) in [7, 11) is 3.70. The molecular formula is C20H24BNO3. The Kier molecular flexibility index (Phi) is 5.14. The first-order chi connectivity index (χ1) is 12.1. The molecule has 2 aromatic carbocycles. The van der Waals surface area contributed by atoms with Crippen molar-refractivity contribution < 1.29 is 14.3 Å². The molecule has 1 aliphatic heterocycles. The number of carbonyl (C=O) groups excluding carboxylic acids is 1. The van der Waals surface area contributed by atoms with E-state index in [1.165, 1.54) is 5.46 Å². The van der Waals surface area contributed by atoms with E-state index in [1.54, 1.807) is 12.0 Å². The lowest BCUT2D eigenvalue weighted by molar-refractivity contribution is -0.0964. The number of carbonyl (C=O) groups is 1. The molecule has 0 N–H and O–H groups in total. The summed E-state index contributed by atoms with van der Waals surface area (Å²) in [6.45, 7) is 3.03. The molecule has 4 nitrogen and oxygen atoms in total. The van der Waals surface area contributed by atoms with Crippen molar-refractivity contribution in [2.45, 2.75) is 25.0 Å². The molecule has 0 radical (unpaired) electrons. The molecule has 1 fully saturated rings. The van der Waals surface area contributed by atoms with Gasteiger partial charge in [0.1, 0.15) is 7.85 Å². The molecule has 1 heterocycles. The van der Waals surface area contributed by atoms with Crippen LogP contribution in [0.4, 0.5) is 4.79 Å². The zero-order chi connectivity index (χ0) is 17.9. The van der Waals surface area contributed by atoms with Crippen LogP contribution in [0.1, 0.15) is 30.5 Å². The third-order valence-corrected chi connectivity index (χ3v) is 4.98. The van der Waals surface area contributed by atoms with Gasteiger partial charge in [-0.1, -0.05) is 60.1 Å². The van der Waals surface area contributed by atoms with Gasteiger partial charge in [0, 0.05) is 20.1 Å². The first-order valence-corrected chi connectivity index (χ1v) is 8.66. The van der Waals surface area contributed by atoms with Crippen LogP contribution in [0.3, 0.4) is 0 Å². The Morgan fingerprint density at radius 2 is 1.88 bits per heavy atom. The molecule has 25 heavy (non-hydrogen) atoms. The van der Waals surface area contributed by atoms with E-state index in [2.05, 4.69) is 32.1 Å². The SMILES string of the molecule is Bc1ccc([C@H](C)N2CCC(COC)(c3ccccc3)OC2=O)cc1. The Bertz CT molecular complexity index is 719. The molecule has 1 amide bonds. The summed E-state index contributed by atoms with van der Waals surface area (Å²) in [4.78, 5) is 14.6. The molecule has 5 heteroatoms. The average molecular weight is 337 g/mol. The van der Waals surface area contributed by atoms with E-state index in [1.807, 2.05) is 37.3 Å². The van der Waals surface area contributed by atoms with Crippen molar-refractivity contribution >= 4 is 19.4 Å². The second kappa shape index (κ2) is 7.32. The van der Waals surface area contributed by atoms with E-state index in [0.717, 1.165) is 11.1 Å². The Hall–Kier alpha value is -2.27. The molecular weight excluding hydrogens is 313 g/mol. The number of hydrogen-bond donors (Lipinski definition) is 0. The summed E-state index contributed by atoms with van der Waals surface area (Å²) in [5.74, 6) is 0. The minimum Gasteiger partial charge on any atom is -0.435 e. The summed E-state index contributed by atoms with van der Waals surface area (Å²) < 4.78 is 11.3. The third-order valence-electron chi connectivity index (χ3n) is 4.98. The van der Waals surface area contributed by atoms with Crippen LogP contribution in [-0.4, -0.2) is 39.1 Å². The smallest absolute Gasteiger partial charge is 0.411 e. The maximum absolute atomic E-state index is 12.8. The van der Waals surface area contributed by atoms with Gasteiger partial charge in [0.25, 0.3) is 0 Å². The number of methoxy groups -OCH3 is 1. The number of rotatable bonds is 5. The fourth-order valence-electron chi connectivity index (χ4n) is 3.41. The van der Waals surface area contributed by atoms with Gasteiger partial charge >= 0.3 is 6.09 Å². The molecule has 1 unspecified atom stereocenters. The normalized spacial score (nSPS) is 21.7. The van der Waals surface area contributed by atoms with Gasteiger partial charge in [-0.2, -0.15) is 0 Å². The van der Waals surface area contributed by atoms with Crippen LogP contribution in [0.15, 0.2) is 54.6 Å². The fraction of sp³-hybridized carbons (Fsp3) is 0.350. The lowest BCUT2D eigenvalue weighted by Gasteiger charge is -2.43. The largest absolute Gasteiger partial charge is 0.435 e. The fourth-order valence-corrected chi connectivity index (χ4v) is 3.41. The van der Waals surface area contributed by atoms with Gasteiger partial charge in [0.15, 0.2) is 5.60 Å². The molecule has 2 atom stereocenters. The second-order valence-corrected chi connectivity index (χ2v) is 6.69. The van der Waals surface area contributed by atoms with E-state index < -0.39 is 5.60 Å². The van der Waals surface area contributed by atoms with E-state index in [9.17, 15) is 4.79 Å². The molecule has 3 rings (SSSR count). The lowest BCUT2D eigenvalue weighted by atomic mass is 9.89. The first kappa shape index (κ1) is 17.6. The summed E-state index contributed by atoms with van der Waals surface area (Å²) in [5.41, 5.74) is 2.59. The van der Waals surface area contributed by atoms with Gasteiger partial charge in [-0.3, -0.25) is 0 Å². The van der Waals surface area contributed by atoms with Crippen LogP contribution in [0, 0.1) is 0 Å². The van der Waals surface area contributed by atoms with Crippen molar-refractivity contribution in [2.75, 3.05) is 20.3 Å². The highest BCUT2D eigenvalue weighted by molar-refractivity contribution is 6.32. The summed E-state index contributed by atoms with van der Waals surface area (Å²) in [6.07, 6.45) is 0.410. The summed E-state index contributed by atoms with van der Waals surface area (Å²) >= 11 is 0. The van der Waals surface area contributed by atoms with E-state index in [4.69, 9.17) is 9.47 Å². The molecule has 2 aromatic rings. The van der Waals surface area contributed by atoms with Crippen molar-refractivity contribution in [3.8, 4) is 0 Å². The third kappa shape index (κ3) is 3.56. The quantitative estimate of drug-likeness (QED) is 0.787. The molecule has 1 aliphatic rings. The van der Waals surface area contributed by atoms with Gasteiger partial charge in [-0.25, -0.2) is 4.79 Å². The lowest BCUT2D eigenvalue weighted by Crippen LogP contribution is -2.50. The predicted octanol–water partition coefficient (Wildman–Crippen LogP) is 2.39. The number of nitrogens with zero attached hydrogens (tertiary/aromatic N) is 1. The van der Waals surface area contributed by atoms with Crippen LogP contribution in [-0.2, 0) is 15.1 Å². The van der Waals surface area contributed by atoms with Crippen LogP contribution < -0.4 is 5.46 Å². The van der Waals surface area contributed by atoms with E-state index in [-0.39, 0.29) is 12.1 Å². The van der Waals surface area contributed by atoms with Crippen LogP contribution >= 0.6 is 0 Å². The van der Waals surface area contributed by atoms with Gasteiger partial charge in [-0.15, -0.1) is 0 Å². The highest BCUT2D eigenvalue weighted by Crippen LogP contribution is 2.37. The van der Waals surface area contributed by atoms with Crippen molar-refractivity contribution in [1.82, 2.24) is 4.90 Å². The average Bonchev–Trinajstić information content (AvgIpc) is 2.63. The van der Waals surface area contributed by atoms with Crippen LogP contribution in [0.2, 0.25) is 0 Å². The van der Waals surface area contributed by atoms with Crippen molar-refractivity contribution in [1.29, 1.82) is 0 Å². The molecule has 0 aliphatic carbocycles. The van der Waals surface area contributed by atoms with E-state index >= 15 is 0 Å². The van der Waals surface area contributed by atoms with Crippen molar-refractivity contribution in [3.05, 3.63) is 65.7 Å². The molecule has 0 spiro atoms. The van der Waals surface area contributed by atoms with Crippen molar-refractivity contribution in [2.24, 2.45) is 0 Å². The monoisotopic (exact) mass is 337 g/mol. The zero-order valence-corrected chi connectivity index (χ0v) is 15.1. The zero-order valence-electron chi connectivity index (χ0n) is 15.1. The van der Waals surface area contributed by atoms with Crippen molar-refractivity contribution in [3.63, 3.8) is 0 Å². The highest BCUT2D eigenvalue weighted by atomic mass is 16.6. The van der Waals surface area contributed by atoms with E-state index in [0.29, 0.717) is 19.6 Å². The van der Waals surface area contributed by atoms with Gasteiger partial charge in [-0.05, 0) is 18.1 Å². The maximum atomic E-state index is 12.8. The highest BCUT2D eigenvalue weighted by Gasteiger charge is 2.43. The minimum absolute atomic E-state index is 0.0237. The molecule has 1 saturated heterocycles. The Balaban J connectivity index is 1.81. The summed E-state index contributed by atoms with van der Waals surface area (Å²) in [6, 6.07) is 18.1. The van der Waals surface area contributed by atoms with Gasteiger partial charge in [0.2, 0.25) is 0 Å². The molecule has 0 aromatic heterocycles. The van der Waals surface area contributed by atoms with Gasteiger partial charge in [0.05, 0.1) is 12.6 Å². The minimum atomic E-state index is -0.712. The molecule has 130 valence electrons. The Labute approximate surface area is 150 Å². The number of cyclic esters (lactones) is 1. The first-order valence-electron chi connectivity index (χ1n) is 8.66. The number of ether oxygens (including phenoxy) is 2. The Morgan fingerprint density at radius 3 is 2.48 bits per heavy atom. The number of amides is 1.